The van der Waals surface area contributed by atoms with Gasteiger partial charge < -0.3 is 9.64 Å². The van der Waals surface area contributed by atoms with Gasteiger partial charge in [-0.25, -0.2) is 13.8 Å². The highest BCUT2D eigenvalue weighted by atomic mass is 32.1. The Labute approximate surface area is 166 Å². The van der Waals surface area contributed by atoms with Gasteiger partial charge in [0.2, 0.25) is 0 Å². The van der Waals surface area contributed by atoms with Crippen LogP contribution in [-0.4, -0.2) is 28.9 Å². The topological polar surface area (TPSA) is 42.4 Å². The number of aromatic nitrogens is 1. The fourth-order valence-corrected chi connectivity index (χ4v) is 3.27. The average molecular weight is 402 g/mol. The van der Waals surface area contributed by atoms with Crippen LogP contribution in [0.25, 0.3) is 10.6 Å². The molecule has 2 aromatic carbocycles. The van der Waals surface area contributed by atoms with Crippen molar-refractivity contribution < 1.29 is 18.3 Å². The molecule has 0 fully saturated rings. The Morgan fingerprint density at radius 2 is 1.79 bits per heavy atom. The van der Waals surface area contributed by atoms with Gasteiger partial charge in [-0.3, -0.25) is 4.79 Å². The molecule has 3 rings (SSSR count). The molecule has 0 unspecified atom stereocenters. The summed E-state index contributed by atoms with van der Waals surface area (Å²) in [5, 5.41) is 2.48. The summed E-state index contributed by atoms with van der Waals surface area (Å²) in [6, 6.07) is 10.6. The predicted molar refractivity (Wildman–Crippen MR) is 105 cm³/mol. The highest BCUT2D eigenvalue weighted by molar-refractivity contribution is 7.13. The van der Waals surface area contributed by atoms with E-state index in [9.17, 15) is 13.6 Å². The molecule has 0 aliphatic carbocycles. The van der Waals surface area contributed by atoms with Crippen LogP contribution in [0.1, 0.15) is 29.9 Å². The van der Waals surface area contributed by atoms with Crippen molar-refractivity contribution in [2.24, 2.45) is 0 Å². The van der Waals surface area contributed by atoms with Crippen LogP contribution in [0.15, 0.2) is 47.8 Å². The zero-order chi connectivity index (χ0) is 20.3. The van der Waals surface area contributed by atoms with Gasteiger partial charge in [0, 0.05) is 30.1 Å². The minimum absolute atomic E-state index is 0.0610. The summed E-state index contributed by atoms with van der Waals surface area (Å²) >= 11 is 1.40. The summed E-state index contributed by atoms with van der Waals surface area (Å²) in [6.45, 7) is 3.95. The molecule has 4 nitrogen and oxygen atoms in total. The van der Waals surface area contributed by atoms with Gasteiger partial charge in [-0.15, -0.1) is 11.3 Å². The zero-order valence-electron chi connectivity index (χ0n) is 15.8. The second-order valence-electron chi connectivity index (χ2n) is 6.64. The molecule has 0 radical (unpaired) electrons. The molecule has 0 N–H and O–H groups in total. The van der Waals surface area contributed by atoms with E-state index in [4.69, 9.17) is 4.74 Å². The Kier molecular flexibility index (Phi) is 6.04. The molecule has 0 bridgehead atoms. The second kappa shape index (κ2) is 8.48. The molecular formula is C21H20F2N2O2S. The molecule has 1 heterocycles. The van der Waals surface area contributed by atoms with E-state index in [1.165, 1.54) is 23.5 Å². The third kappa shape index (κ3) is 4.72. The summed E-state index contributed by atoms with van der Waals surface area (Å²) in [5.74, 6) is -0.807. The van der Waals surface area contributed by atoms with Crippen molar-refractivity contribution in [1.29, 1.82) is 0 Å². The summed E-state index contributed by atoms with van der Waals surface area (Å²) < 4.78 is 32.0. The molecular weight excluding hydrogens is 382 g/mol. The number of nitrogens with zero attached hydrogens (tertiary/aromatic N) is 2. The van der Waals surface area contributed by atoms with Gasteiger partial charge in [0.25, 0.3) is 5.91 Å². The fourth-order valence-electron chi connectivity index (χ4n) is 2.47. The van der Waals surface area contributed by atoms with E-state index in [-0.39, 0.29) is 18.6 Å². The normalized spacial score (nSPS) is 10.9. The number of benzene rings is 2. The second-order valence-corrected chi connectivity index (χ2v) is 7.50. The van der Waals surface area contributed by atoms with Crippen LogP contribution in [-0.2, 0) is 6.61 Å². The minimum atomic E-state index is -0.633. The van der Waals surface area contributed by atoms with Crippen LogP contribution in [0.2, 0.25) is 0 Å². The lowest BCUT2D eigenvalue weighted by Crippen LogP contribution is -2.33. The molecule has 0 spiro atoms. The first-order valence-corrected chi connectivity index (χ1v) is 9.62. The molecule has 0 saturated heterocycles. The van der Waals surface area contributed by atoms with Gasteiger partial charge in [-0.05, 0) is 55.8 Å². The number of ether oxygens (including phenoxy) is 1. The first kappa shape index (κ1) is 19.9. The standard InChI is InChI=1S/C21H20F2N2O2S/c1-13(2)25(3)21(26)19-12-28-20(24-19)15-4-6-18(7-5-15)27-11-14-8-16(22)10-17(23)9-14/h4-10,12-13H,11H2,1-3H3. The van der Waals surface area contributed by atoms with Crippen molar-refractivity contribution in [3.8, 4) is 16.3 Å². The molecule has 1 amide bonds. The Morgan fingerprint density at radius 3 is 2.39 bits per heavy atom. The molecule has 0 atom stereocenters. The lowest BCUT2D eigenvalue weighted by Gasteiger charge is -2.19. The SMILES string of the molecule is CC(C)N(C)C(=O)c1csc(-c2ccc(OCc3cc(F)cc(F)c3)cc2)n1. The largest absolute Gasteiger partial charge is 0.489 e. The maximum atomic E-state index is 13.2. The molecule has 3 aromatic rings. The third-order valence-corrected chi connectivity index (χ3v) is 5.14. The highest BCUT2D eigenvalue weighted by Gasteiger charge is 2.18. The van der Waals surface area contributed by atoms with E-state index in [0.29, 0.717) is 17.0 Å². The Bertz CT molecular complexity index is 951. The Morgan fingerprint density at radius 1 is 1.14 bits per heavy atom. The molecule has 0 aliphatic rings. The minimum Gasteiger partial charge on any atom is -0.489 e. The monoisotopic (exact) mass is 402 g/mol. The summed E-state index contributed by atoms with van der Waals surface area (Å²) in [7, 11) is 1.75. The van der Waals surface area contributed by atoms with E-state index in [0.717, 1.165) is 16.6 Å². The van der Waals surface area contributed by atoms with Crippen molar-refractivity contribution >= 4 is 17.2 Å². The number of hydrogen-bond acceptors (Lipinski definition) is 4. The third-order valence-electron chi connectivity index (χ3n) is 4.25. The predicted octanol–water partition coefficient (Wildman–Crippen LogP) is 5.15. The smallest absolute Gasteiger partial charge is 0.273 e. The molecule has 0 saturated carbocycles. The van der Waals surface area contributed by atoms with Gasteiger partial charge in [0.15, 0.2) is 0 Å². The number of carbonyl (C=O) groups is 1. The van der Waals surface area contributed by atoms with Crippen molar-refractivity contribution in [1.82, 2.24) is 9.88 Å². The number of halogens is 2. The first-order chi connectivity index (χ1) is 13.3. The molecule has 28 heavy (non-hydrogen) atoms. The number of thiazole rings is 1. The van der Waals surface area contributed by atoms with Crippen LogP contribution in [0.3, 0.4) is 0 Å². The van der Waals surface area contributed by atoms with Crippen LogP contribution in [0, 0.1) is 11.6 Å². The van der Waals surface area contributed by atoms with Crippen molar-refractivity contribution in [2.75, 3.05) is 7.05 Å². The van der Waals surface area contributed by atoms with Gasteiger partial charge in [0.05, 0.1) is 0 Å². The lowest BCUT2D eigenvalue weighted by atomic mass is 10.2. The average Bonchev–Trinajstić information content (AvgIpc) is 3.15. The van der Waals surface area contributed by atoms with Crippen molar-refractivity contribution in [3.63, 3.8) is 0 Å². The summed E-state index contributed by atoms with van der Waals surface area (Å²) in [5.41, 5.74) is 1.70. The van der Waals surface area contributed by atoms with E-state index in [2.05, 4.69) is 4.98 Å². The van der Waals surface area contributed by atoms with Crippen LogP contribution >= 0.6 is 11.3 Å². The fraction of sp³-hybridized carbons (Fsp3) is 0.238. The molecule has 1 aromatic heterocycles. The number of hydrogen-bond donors (Lipinski definition) is 0. The van der Waals surface area contributed by atoms with Crippen molar-refractivity contribution in [3.05, 3.63) is 70.7 Å². The van der Waals surface area contributed by atoms with Crippen molar-refractivity contribution in [2.45, 2.75) is 26.5 Å². The maximum Gasteiger partial charge on any atom is 0.273 e. The van der Waals surface area contributed by atoms with E-state index < -0.39 is 11.6 Å². The summed E-state index contributed by atoms with van der Waals surface area (Å²) in [4.78, 5) is 18.4. The van der Waals surface area contributed by atoms with Crippen LogP contribution in [0.5, 0.6) is 5.75 Å². The molecule has 0 aliphatic heterocycles. The maximum absolute atomic E-state index is 13.2. The van der Waals surface area contributed by atoms with E-state index in [1.807, 2.05) is 26.0 Å². The number of carbonyl (C=O) groups excluding carboxylic acids is 1. The first-order valence-electron chi connectivity index (χ1n) is 8.74. The van der Waals surface area contributed by atoms with Gasteiger partial charge in [0.1, 0.15) is 34.7 Å². The van der Waals surface area contributed by atoms with E-state index >= 15 is 0 Å². The number of amides is 1. The molecule has 146 valence electrons. The molecule has 7 heteroatoms. The van der Waals surface area contributed by atoms with Gasteiger partial charge in [-0.1, -0.05) is 0 Å². The Hall–Kier alpha value is -2.80. The van der Waals surface area contributed by atoms with Crippen LogP contribution < -0.4 is 4.74 Å². The number of rotatable bonds is 6. The quantitative estimate of drug-likeness (QED) is 0.573. The zero-order valence-corrected chi connectivity index (χ0v) is 16.6. The highest BCUT2D eigenvalue weighted by Crippen LogP contribution is 2.26. The van der Waals surface area contributed by atoms with Gasteiger partial charge in [-0.2, -0.15) is 0 Å². The lowest BCUT2D eigenvalue weighted by molar-refractivity contribution is 0.0750. The van der Waals surface area contributed by atoms with E-state index in [1.54, 1.807) is 29.5 Å². The Balaban J connectivity index is 1.67. The van der Waals surface area contributed by atoms with Crippen LogP contribution in [0.4, 0.5) is 8.78 Å². The van der Waals surface area contributed by atoms with Gasteiger partial charge >= 0.3 is 0 Å². The summed E-state index contributed by atoms with van der Waals surface area (Å²) in [6.07, 6.45) is 0.